The topological polar surface area (TPSA) is 18.7 Å². The van der Waals surface area contributed by atoms with E-state index in [0.717, 1.165) is 50.5 Å². The van der Waals surface area contributed by atoms with Gasteiger partial charge < -0.3 is 26.9 Å². The van der Waals surface area contributed by atoms with Gasteiger partial charge in [-0.05, 0) is 55.7 Å². The summed E-state index contributed by atoms with van der Waals surface area (Å²) in [7, 11) is 4.18. The summed E-state index contributed by atoms with van der Waals surface area (Å²) in [6.07, 6.45) is 2.21. The van der Waals surface area contributed by atoms with Crippen molar-refractivity contribution in [1.82, 2.24) is 4.58 Å². The third-order valence-electron chi connectivity index (χ3n) is 7.54. The Hall–Kier alpha value is -2.98. The van der Waals surface area contributed by atoms with E-state index in [0.29, 0.717) is 0 Å². The van der Waals surface area contributed by atoms with E-state index < -0.39 is 0 Å². The molecule has 176 valence electrons. The third-order valence-corrected chi connectivity index (χ3v) is 7.54. The summed E-state index contributed by atoms with van der Waals surface area (Å²) in [5.74, 6) is 1.96. The molecule has 4 nitrogen and oxygen atoms in total. The average molecular weight is 474 g/mol. The highest BCUT2D eigenvalue weighted by atomic mass is 35.5. The monoisotopic (exact) mass is 473 g/mol. The molecule has 3 aliphatic heterocycles. The summed E-state index contributed by atoms with van der Waals surface area (Å²) >= 11 is 0. The van der Waals surface area contributed by atoms with Gasteiger partial charge in [-0.2, -0.15) is 0 Å². The molecule has 0 amide bonds. The second kappa shape index (κ2) is 8.66. The van der Waals surface area contributed by atoms with Crippen molar-refractivity contribution in [3.05, 3.63) is 81.4 Å². The first-order valence-electron chi connectivity index (χ1n) is 12.2. The molecule has 3 aromatic rings. The van der Waals surface area contributed by atoms with Crippen LogP contribution in [0, 0.1) is 0 Å². The summed E-state index contributed by atoms with van der Waals surface area (Å²) in [4.78, 5) is 4.61. The summed E-state index contributed by atoms with van der Waals surface area (Å²) in [6, 6.07) is 18.3. The number of rotatable bonds is 4. The highest BCUT2D eigenvalue weighted by Gasteiger charge is 2.28. The van der Waals surface area contributed by atoms with Gasteiger partial charge in [0.25, 0.3) is 0 Å². The Morgan fingerprint density at radius 1 is 0.941 bits per heavy atom. The van der Waals surface area contributed by atoms with Gasteiger partial charge in [0.2, 0.25) is 5.36 Å². The van der Waals surface area contributed by atoms with E-state index in [4.69, 9.17) is 4.74 Å². The summed E-state index contributed by atoms with van der Waals surface area (Å²) < 4.78 is 9.10. The second-order valence-corrected chi connectivity index (χ2v) is 9.53. The van der Waals surface area contributed by atoms with Gasteiger partial charge in [0, 0.05) is 73.0 Å². The van der Waals surface area contributed by atoms with Crippen LogP contribution in [-0.2, 0) is 12.8 Å². The fourth-order valence-electron chi connectivity index (χ4n) is 5.69. The van der Waals surface area contributed by atoms with Crippen molar-refractivity contribution in [2.45, 2.75) is 26.7 Å². The van der Waals surface area contributed by atoms with Crippen LogP contribution in [0.1, 0.15) is 36.1 Å². The maximum absolute atomic E-state index is 6.64. The lowest BCUT2D eigenvalue weighted by atomic mass is 9.90. The molecule has 3 aromatic carbocycles. The van der Waals surface area contributed by atoms with Crippen molar-refractivity contribution in [1.29, 1.82) is 0 Å². The highest BCUT2D eigenvalue weighted by molar-refractivity contribution is 5.87. The quantitative estimate of drug-likeness (QED) is 0.404. The SMILES string of the molecule is CCN1CCc2cc3c(cc21)Oc1cc2c(cc1=C3c1ccc(N(C)C)cc1)CC[N+]=2CC.[Cl-]. The number of benzene rings is 3. The van der Waals surface area contributed by atoms with Crippen LogP contribution < -0.4 is 42.1 Å². The molecule has 3 heterocycles. The first kappa shape index (κ1) is 22.8. The molecule has 0 aromatic heterocycles. The fourth-order valence-corrected chi connectivity index (χ4v) is 5.69. The molecule has 0 saturated carbocycles. The van der Waals surface area contributed by atoms with Crippen LogP contribution in [-0.4, -0.2) is 40.3 Å². The molecule has 0 atom stereocenters. The Labute approximate surface area is 208 Å². The molecule has 0 unspecified atom stereocenters. The fraction of sp³-hybridized carbons (Fsp3) is 0.345. The number of hydrogen-bond donors (Lipinski definition) is 0. The summed E-state index contributed by atoms with van der Waals surface area (Å²) in [6.45, 7) is 8.71. The minimum absolute atomic E-state index is 0. The van der Waals surface area contributed by atoms with E-state index in [2.05, 4.69) is 90.8 Å². The van der Waals surface area contributed by atoms with E-state index in [-0.39, 0.29) is 12.4 Å². The van der Waals surface area contributed by atoms with Crippen LogP contribution in [0.4, 0.5) is 11.4 Å². The van der Waals surface area contributed by atoms with Gasteiger partial charge in [0.1, 0.15) is 24.6 Å². The van der Waals surface area contributed by atoms with E-state index in [1.807, 2.05) is 0 Å². The first-order valence-corrected chi connectivity index (χ1v) is 12.2. The smallest absolute Gasteiger partial charge is 0.207 e. The molecule has 0 spiro atoms. The van der Waals surface area contributed by atoms with Crippen molar-refractivity contribution in [3.63, 3.8) is 0 Å². The van der Waals surface area contributed by atoms with Crippen LogP contribution in [0.15, 0.2) is 48.5 Å². The Morgan fingerprint density at radius 3 is 2.44 bits per heavy atom. The molecule has 0 N–H and O–H groups in total. The van der Waals surface area contributed by atoms with Crippen molar-refractivity contribution in [2.24, 2.45) is 0 Å². The maximum Gasteiger partial charge on any atom is 0.207 e. The van der Waals surface area contributed by atoms with Crippen LogP contribution in [0.2, 0.25) is 0 Å². The molecule has 0 bridgehead atoms. The zero-order valence-corrected chi connectivity index (χ0v) is 21.2. The first-order chi connectivity index (χ1) is 16.1. The molecule has 0 saturated heterocycles. The van der Waals surface area contributed by atoms with Gasteiger partial charge in [-0.1, -0.05) is 12.1 Å². The van der Waals surface area contributed by atoms with Gasteiger partial charge in [-0.15, -0.1) is 0 Å². The normalized spacial score (nSPS) is 15.2. The molecule has 6 rings (SSSR count). The number of likely N-dealkylation sites (N-methyl/N-ethyl adjacent to an activating group) is 2. The molecule has 5 heteroatoms. The number of halogens is 1. The van der Waals surface area contributed by atoms with Gasteiger partial charge in [-0.25, -0.2) is 4.58 Å². The lowest BCUT2D eigenvalue weighted by molar-refractivity contribution is -0.00000715. The van der Waals surface area contributed by atoms with Crippen LogP contribution in [0.25, 0.3) is 5.57 Å². The molecule has 0 fully saturated rings. The zero-order chi connectivity index (χ0) is 22.7. The molecular weight excluding hydrogens is 442 g/mol. The van der Waals surface area contributed by atoms with Gasteiger partial charge in [-0.3, -0.25) is 0 Å². The number of hydrogen-bond acceptors (Lipinski definition) is 3. The second-order valence-electron chi connectivity index (χ2n) is 9.53. The standard InChI is InChI=1S/C29H32N3O.ClH/c1-5-31-13-11-20-15-23-27(17-25(20)31)33-28-18-26-21(12-14-32(26)6-2)16-24(28)29(23)19-7-9-22(10-8-19)30(3)4;/h7-10,15-18H,5-6,11-14H2,1-4H3;1H/q+1;/p-1. The molecule has 0 aliphatic carbocycles. The largest absolute Gasteiger partial charge is 1.00 e. The zero-order valence-electron chi connectivity index (χ0n) is 20.5. The van der Waals surface area contributed by atoms with Crippen LogP contribution in [0.3, 0.4) is 0 Å². The van der Waals surface area contributed by atoms with Gasteiger partial charge in [0.15, 0.2) is 0 Å². The van der Waals surface area contributed by atoms with Crippen molar-refractivity contribution >= 4 is 16.9 Å². The van der Waals surface area contributed by atoms with Crippen molar-refractivity contribution in [2.75, 3.05) is 50.1 Å². The Balaban J connectivity index is 0.00000241. The number of ether oxygens (including phenoxy) is 1. The van der Waals surface area contributed by atoms with Crippen molar-refractivity contribution in [3.8, 4) is 11.5 Å². The van der Waals surface area contributed by atoms with Gasteiger partial charge >= 0.3 is 0 Å². The van der Waals surface area contributed by atoms with E-state index in [9.17, 15) is 0 Å². The lowest BCUT2D eigenvalue weighted by Gasteiger charge is -2.24. The van der Waals surface area contributed by atoms with Gasteiger partial charge in [0.05, 0.1) is 6.07 Å². The highest BCUT2D eigenvalue weighted by Crippen LogP contribution is 2.42. The summed E-state index contributed by atoms with van der Waals surface area (Å²) in [5.41, 5.74) is 9.19. The van der Waals surface area contributed by atoms with Crippen LogP contribution >= 0.6 is 0 Å². The predicted molar refractivity (Wildman–Crippen MR) is 137 cm³/mol. The number of fused-ring (bicyclic) bond motifs is 4. The van der Waals surface area contributed by atoms with E-state index >= 15 is 0 Å². The average Bonchev–Trinajstić information content (AvgIpc) is 3.42. The van der Waals surface area contributed by atoms with E-state index in [1.165, 1.54) is 49.8 Å². The van der Waals surface area contributed by atoms with Crippen LogP contribution in [0.5, 0.6) is 11.5 Å². The van der Waals surface area contributed by atoms with E-state index in [1.54, 1.807) is 0 Å². The minimum Gasteiger partial charge on any atom is -1.00 e. The lowest BCUT2D eigenvalue weighted by Crippen LogP contribution is -3.00. The van der Waals surface area contributed by atoms with Crippen molar-refractivity contribution < 1.29 is 17.1 Å². The molecule has 34 heavy (non-hydrogen) atoms. The Kier molecular flexibility index (Phi) is 5.81. The molecule has 3 aliphatic rings. The maximum atomic E-state index is 6.64. The Bertz CT molecular complexity index is 1390. The molecule has 0 radical (unpaired) electrons. The minimum atomic E-state index is 0. The molecular formula is C29H32ClN3O. The Morgan fingerprint density at radius 2 is 1.74 bits per heavy atom. The summed E-state index contributed by atoms with van der Waals surface area (Å²) in [5, 5.41) is 2.56. The number of anilines is 2. The number of nitrogens with zero attached hydrogens (tertiary/aromatic N) is 3. The predicted octanol–water partition coefficient (Wildman–Crippen LogP) is 0.559. The third kappa shape index (κ3) is 3.47.